The Hall–Kier alpha value is -1.62. The van der Waals surface area contributed by atoms with Crippen molar-refractivity contribution in [1.29, 1.82) is 0 Å². The van der Waals surface area contributed by atoms with Crippen molar-refractivity contribution in [1.82, 2.24) is 9.97 Å². The molecule has 0 radical (unpaired) electrons. The standard InChI is InChI=1S/C14H18N4S/c1-9(7-11-3-2-6-19-11)16-13-8-12(15)17-14(18-13)10-4-5-10/h2-3,6,8-10H,4-5,7H2,1H3,(H3,15,16,17,18). The summed E-state index contributed by atoms with van der Waals surface area (Å²) in [5, 5.41) is 5.53. The molecule has 0 saturated heterocycles. The van der Waals surface area contributed by atoms with Crippen LogP contribution in [0, 0.1) is 0 Å². The van der Waals surface area contributed by atoms with Crippen LogP contribution in [0.25, 0.3) is 0 Å². The molecule has 0 amide bonds. The maximum Gasteiger partial charge on any atom is 0.136 e. The Kier molecular flexibility index (Phi) is 3.38. The summed E-state index contributed by atoms with van der Waals surface area (Å²) in [5.41, 5.74) is 5.85. The number of hydrogen-bond donors (Lipinski definition) is 2. The highest BCUT2D eigenvalue weighted by molar-refractivity contribution is 7.09. The van der Waals surface area contributed by atoms with Crippen LogP contribution in [0.2, 0.25) is 0 Å². The van der Waals surface area contributed by atoms with Crippen molar-refractivity contribution in [2.45, 2.75) is 38.1 Å². The minimum absolute atomic E-state index is 0.333. The van der Waals surface area contributed by atoms with Gasteiger partial charge >= 0.3 is 0 Å². The molecule has 1 unspecified atom stereocenters. The number of nitrogens with zero attached hydrogens (tertiary/aromatic N) is 2. The van der Waals surface area contributed by atoms with Crippen LogP contribution >= 0.6 is 11.3 Å². The lowest BCUT2D eigenvalue weighted by Crippen LogP contribution is -2.19. The Labute approximate surface area is 117 Å². The fraction of sp³-hybridized carbons (Fsp3) is 0.429. The minimum atomic E-state index is 0.333. The van der Waals surface area contributed by atoms with Gasteiger partial charge in [0.2, 0.25) is 0 Å². The molecule has 3 rings (SSSR count). The van der Waals surface area contributed by atoms with Gasteiger partial charge in [-0.15, -0.1) is 11.3 Å². The van der Waals surface area contributed by atoms with Crippen molar-refractivity contribution in [2.75, 3.05) is 11.1 Å². The Balaban J connectivity index is 1.68. The summed E-state index contributed by atoms with van der Waals surface area (Å²) in [4.78, 5) is 10.3. The van der Waals surface area contributed by atoms with Gasteiger partial charge < -0.3 is 11.1 Å². The van der Waals surface area contributed by atoms with Crippen LogP contribution in [0.3, 0.4) is 0 Å². The van der Waals surface area contributed by atoms with E-state index in [0.29, 0.717) is 17.8 Å². The highest BCUT2D eigenvalue weighted by atomic mass is 32.1. The van der Waals surface area contributed by atoms with Gasteiger partial charge in [-0.05, 0) is 31.2 Å². The second kappa shape index (κ2) is 5.17. The van der Waals surface area contributed by atoms with Gasteiger partial charge in [-0.1, -0.05) is 6.07 Å². The van der Waals surface area contributed by atoms with Crippen molar-refractivity contribution in [3.8, 4) is 0 Å². The number of thiophene rings is 1. The van der Waals surface area contributed by atoms with Gasteiger partial charge in [-0.25, -0.2) is 9.97 Å². The third-order valence-electron chi connectivity index (χ3n) is 3.19. The largest absolute Gasteiger partial charge is 0.384 e. The lowest BCUT2D eigenvalue weighted by Gasteiger charge is -2.14. The SMILES string of the molecule is CC(Cc1cccs1)Nc1cc(N)nc(C2CC2)n1. The van der Waals surface area contributed by atoms with Crippen LogP contribution in [-0.4, -0.2) is 16.0 Å². The predicted molar refractivity (Wildman–Crippen MR) is 79.5 cm³/mol. The zero-order valence-electron chi connectivity index (χ0n) is 11.0. The molecule has 2 aromatic heterocycles. The van der Waals surface area contributed by atoms with E-state index in [1.54, 1.807) is 11.3 Å². The van der Waals surface area contributed by atoms with Gasteiger partial charge in [0.25, 0.3) is 0 Å². The quantitative estimate of drug-likeness (QED) is 0.879. The number of anilines is 2. The molecule has 3 N–H and O–H groups in total. The molecule has 4 nitrogen and oxygen atoms in total. The van der Waals surface area contributed by atoms with E-state index >= 15 is 0 Å². The molecule has 1 aliphatic rings. The van der Waals surface area contributed by atoms with E-state index in [1.165, 1.54) is 17.7 Å². The van der Waals surface area contributed by atoms with E-state index in [4.69, 9.17) is 5.73 Å². The lowest BCUT2D eigenvalue weighted by molar-refractivity contribution is 0.788. The summed E-state index contributed by atoms with van der Waals surface area (Å²) in [6.45, 7) is 2.16. The molecule has 1 saturated carbocycles. The van der Waals surface area contributed by atoms with Crippen LogP contribution < -0.4 is 11.1 Å². The van der Waals surface area contributed by atoms with E-state index < -0.39 is 0 Å². The highest BCUT2D eigenvalue weighted by Gasteiger charge is 2.27. The summed E-state index contributed by atoms with van der Waals surface area (Å²) in [5.74, 6) is 2.82. The Morgan fingerprint density at radius 3 is 3.00 bits per heavy atom. The van der Waals surface area contributed by atoms with Gasteiger partial charge in [-0.3, -0.25) is 0 Å². The fourth-order valence-electron chi connectivity index (χ4n) is 2.12. The van der Waals surface area contributed by atoms with E-state index in [9.17, 15) is 0 Å². The number of nitrogen functional groups attached to an aromatic ring is 1. The number of aromatic nitrogens is 2. The predicted octanol–water partition coefficient (Wildman–Crippen LogP) is 3.04. The highest BCUT2D eigenvalue weighted by Crippen LogP contribution is 2.38. The molecule has 100 valence electrons. The first-order valence-corrected chi connectivity index (χ1v) is 7.52. The van der Waals surface area contributed by atoms with Crippen molar-refractivity contribution in [2.24, 2.45) is 0 Å². The lowest BCUT2D eigenvalue weighted by atomic mass is 10.2. The van der Waals surface area contributed by atoms with Crippen LogP contribution in [0.15, 0.2) is 23.6 Å². The van der Waals surface area contributed by atoms with Crippen molar-refractivity contribution < 1.29 is 0 Å². The topological polar surface area (TPSA) is 63.8 Å². The molecule has 0 spiro atoms. The summed E-state index contributed by atoms with van der Waals surface area (Å²) in [7, 11) is 0. The molecule has 0 aromatic carbocycles. The third kappa shape index (κ3) is 3.23. The van der Waals surface area contributed by atoms with Crippen molar-refractivity contribution in [3.05, 3.63) is 34.3 Å². The van der Waals surface area contributed by atoms with Crippen LogP contribution in [-0.2, 0) is 6.42 Å². The van der Waals surface area contributed by atoms with Gasteiger partial charge in [0, 0.05) is 29.3 Å². The molecular weight excluding hydrogens is 256 g/mol. The van der Waals surface area contributed by atoms with E-state index in [1.807, 2.05) is 6.07 Å². The molecule has 19 heavy (non-hydrogen) atoms. The first-order chi connectivity index (χ1) is 9.20. The van der Waals surface area contributed by atoms with Gasteiger partial charge in [-0.2, -0.15) is 0 Å². The van der Waals surface area contributed by atoms with Gasteiger partial charge in [0.1, 0.15) is 17.5 Å². The van der Waals surface area contributed by atoms with Gasteiger partial charge in [0.05, 0.1) is 0 Å². The first kappa shape index (κ1) is 12.4. The van der Waals surface area contributed by atoms with E-state index in [-0.39, 0.29) is 0 Å². The number of nitrogens with one attached hydrogen (secondary N) is 1. The third-order valence-corrected chi connectivity index (χ3v) is 4.09. The summed E-state index contributed by atoms with van der Waals surface area (Å²) in [6.07, 6.45) is 3.38. The van der Waals surface area contributed by atoms with Crippen LogP contribution in [0.1, 0.15) is 36.4 Å². The summed E-state index contributed by atoms with van der Waals surface area (Å²) < 4.78 is 0. The second-order valence-electron chi connectivity index (χ2n) is 5.14. The van der Waals surface area contributed by atoms with Crippen LogP contribution in [0.4, 0.5) is 11.6 Å². The number of hydrogen-bond acceptors (Lipinski definition) is 5. The van der Waals surface area contributed by atoms with E-state index in [2.05, 4.69) is 39.7 Å². The molecule has 0 aliphatic heterocycles. The molecule has 0 bridgehead atoms. The zero-order valence-corrected chi connectivity index (χ0v) is 11.8. The molecule has 2 heterocycles. The van der Waals surface area contributed by atoms with Crippen molar-refractivity contribution in [3.63, 3.8) is 0 Å². The molecule has 1 aliphatic carbocycles. The van der Waals surface area contributed by atoms with Gasteiger partial charge in [0.15, 0.2) is 0 Å². The monoisotopic (exact) mass is 274 g/mol. The van der Waals surface area contributed by atoms with E-state index in [0.717, 1.165) is 18.1 Å². The maximum atomic E-state index is 5.85. The molecule has 5 heteroatoms. The fourth-order valence-corrected chi connectivity index (χ4v) is 2.95. The summed E-state index contributed by atoms with van der Waals surface area (Å²) >= 11 is 1.79. The van der Waals surface area contributed by atoms with Crippen LogP contribution in [0.5, 0.6) is 0 Å². The second-order valence-corrected chi connectivity index (χ2v) is 6.17. The molecule has 1 fully saturated rings. The smallest absolute Gasteiger partial charge is 0.136 e. The average molecular weight is 274 g/mol. The van der Waals surface area contributed by atoms with Crippen molar-refractivity contribution >= 4 is 23.0 Å². The summed E-state index contributed by atoms with van der Waals surface area (Å²) in [6, 6.07) is 6.39. The molecular formula is C14H18N4S. The maximum absolute atomic E-state index is 5.85. The first-order valence-electron chi connectivity index (χ1n) is 6.64. The molecule has 2 aromatic rings. The zero-order chi connectivity index (χ0) is 13.2. The number of rotatable bonds is 5. The Morgan fingerprint density at radius 1 is 1.47 bits per heavy atom. The number of nitrogens with two attached hydrogens (primary N) is 1. The normalized spacial score (nSPS) is 16.3. The minimum Gasteiger partial charge on any atom is -0.384 e. The Bertz CT molecular complexity index is 549. The Morgan fingerprint density at radius 2 is 2.32 bits per heavy atom. The molecule has 1 atom stereocenters. The average Bonchev–Trinajstić information content (AvgIpc) is 3.08.